The summed E-state index contributed by atoms with van der Waals surface area (Å²) in [5.41, 5.74) is 10.9. The second-order valence-corrected chi connectivity index (χ2v) is 11.1. The summed E-state index contributed by atoms with van der Waals surface area (Å²) in [4.78, 5) is 3.56. The average Bonchev–Trinajstić information content (AvgIpc) is 3.60. The SMILES string of the molecule is c1ccc(-n2c3ccccc3c3c4ccccc4c(-c4cccc(-c5ccc6[nH]c7ccccc7c6c5)c4)cc32)cc1. The highest BCUT2D eigenvalue weighted by molar-refractivity contribution is 6.24. The minimum atomic E-state index is 1.17. The second kappa shape index (κ2) is 8.95. The largest absolute Gasteiger partial charge is 0.355 e. The van der Waals surface area contributed by atoms with Gasteiger partial charge in [-0.2, -0.15) is 0 Å². The Morgan fingerprint density at radius 1 is 0.381 bits per heavy atom. The number of nitrogens with one attached hydrogen (secondary N) is 1. The molecule has 0 radical (unpaired) electrons. The molecular formula is C40H26N2. The predicted molar refractivity (Wildman–Crippen MR) is 179 cm³/mol. The molecule has 0 amide bonds. The summed E-state index contributed by atoms with van der Waals surface area (Å²) in [6.45, 7) is 0. The summed E-state index contributed by atoms with van der Waals surface area (Å²) in [6.07, 6.45) is 0. The van der Waals surface area contributed by atoms with Crippen LogP contribution < -0.4 is 0 Å². The molecule has 2 heterocycles. The van der Waals surface area contributed by atoms with Gasteiger partial charge in [-0.25, -0.2) is 0 Å². The van der Waals surface area contributed by atoms with Crippen molar-refractivity contribution >= 4 is 54.4 Å². The summed E-state index contributed by atoms with van der Waals surface area (Å²) in [6, 6.07) is 55.0. The summed E-state index contributed by atoms with van der Waals surface area (Å²) in [5, 5.41) is 7.64. The van der Waals surface area contributed by atoms with Crippen LogP contribution in [-0.4, -0.2) is 9.55 Å². The Labute approximate surface area is 243 Å². The number of aromatic amines is 1. The van der Waals surface area contributed by atoms with Crippen molar-refractivity contribution in [3.05, 3.63) is 152 Å². The van der Waals surface area contributed by atoms with E-state index in [4.69, 9.17) is 0 Å². The molecule has 9 rings (SSSR count). The van der Waals surface area contributed by atoms with Crippen molar-refractivity contribution in [2.45, 2.75) is 0 Å². The van der Waals surface area contributed by atoms with Crippen molar-refractivity contribution in [3.63, 3.8) is 0 Å². The third-order valence-corrected chi connectivity index (χ3v) is 8.71. The molecule has 0 unspecified atom stereocenters. The van der Waals surface area contributed by atoms with E-state index in [0.717, 1.165) is 0 Å². The van der Waals surface area contributed by atoms with Gasteiger partial charge in [-0.15, -0.1) is 0 Å². The van der Waals surface area contributed by atoms with Crippen LogP contribution in [0.25, 0.3) is 82.3 Å². The first-order chi connectivity index (χ1) is 20.8. The Bertz CT molecular complexity index is 2460. The zero-order valence-corrected chi connectivity index (χ0v) is 22.9. The van der Waals surface area contributed by atoms with Crippen molar-refractivity contribution in [2.75, 3.05) is 0 Å². The van der Waals surface area contributed by atoms with Gasteiger partial charge in [0.25, 0.3) is 0 Å². The van der Waals surface area contributed by atoms with E-state index >= 15 is 0 Å². The quantitative estimate of drug-likeness (QED) is 0.233. The Morgan fingerprint density at radius 2 is 1.05 bits per heavy atom. The third-order valence-electron chi connectivity index (χ3n) is 8.71. The number of fused-ring (bicyclic) bond motifs is 8. The highest BCUT2D eigenvalue weighted by Gasteiger charge is 2.18. The molecule has 0 spiro atoms. The monoisotopic (exact) mass is 534 g/mol. The molecule has 0 aliphatic carbocycles. The number of hydrogen-bond acceptors (Lipinski definition) is 0. The van der Waals surface area contributed by atoms with E-state index in [0.29, 0.717) is 0 Å². The first-order valence-electron chi connectivity index (χ1n) is 14.5. The van der Waals surface area contributed by atoms with E-state index in [1.807, 2.05) is 0 Å². The van der Waals surface area contributed by atoms with Gasteiger partial charge >= 0.3 is 0 Å². The summed E-state index contributed by atoms with van der Waals surface area (Å²) in [5.74, 6) is 0. The lowest BCUT2D eigenvalue weighted by molar-refractivity contribution is 1.18. The molecule has 0 atom stereocenters. The molecule has 0 fully saturated rings. The van der Waals surface area contributed by atoms with Gasteiger partial charge in [-0.05, 0) is 81.6 Å². The van der Waals surface area contributed by atoms with E-state index in [1.165, 1.54) is 82.3 Å². The van der Waals surface area contributed by atoms with Crippen LogP contribution >= 0.6 is 0 Å². The van der Waals surface area contributed by atoms with Gasteiger partial charge in [-0.3, -0.25) is 0 Å². The maximum atomic E-state index is 3.56. The Morgan fingerprint density at radius 3 is 1.93 bits per heavy atom. The number of benzene rings is 7. The van der Waals surface area contributed by atoms with Crippen molar-refractivity contribution in [1.29, 1.82) is 0 Å². The molecule has 0 bridgehead atoms. The number of hydrogen-bond donors (Lipinski definition) is 1. The Balaban J connectivity index is 1.31. The predicted octanol–water partition coefficient (Wildman–Crippen LogP) is 10.9. The molecule has 0 aliphatic heterocycles. The Hall–Kier alpha value is -5.60. The molecule has 2 aromatic heterocycles. The average molecular weight is 535 g/mol. The van der Waals surface area contributed by atoms with E-state index in [9.17, 15) is 0 Å². The van der Waals surface area contributed by atoms with Crippen molar-refractivity contribution in [3.8, 4) is 27.9 Å². The van der Waals surface area contributed by atoms with Gasteiger partial charge in [0, 0.05) is 38.3 Å². The van der Waals surface area contributed by atoms with E-state index in [-0.39, 0.29) is 0 Å². The fourth-order valence-corrected chi connectivity index (χ4v) is 6.82. The lowest BCUT2D eigenvalue weighted by Crippen LogP contribution is -1.94. The van der Waals surface area contributed by atoms with Crippen LogP contribution in [0.1, 0.15) is 0 Å². The molecule has 42 heavy (non-hydrogen) atoms. The topological polar surface area (TPSA) is 20.7 Å². The van der Waals surface area contributed by atoms with Crippen molar-refractivity contribution in [2.24, 2.45) is 0 Å². The number of nitrogens with zero attached hydrogens (tertiary/aromatic N) is 1. The molecule has 2 heteroatoms. The van der Waals surface area contributed by atoms with Gasteiger partial charge in [0.05, 0.1) is 11.0 Å². The highest BCUT2D eigenvalue weighted by Crippen LogP contribution is 2.42. The normalized spacial score (nSPS) is 11.8. The minimum absolute atomic E-state index is 1.17. The molecule has 1 N–H and O–H groups in total. The van der Waals surface area contributed by atoms with Crippen LogP contribution in [0.4, 0.5) is 0 Å². The van der Waals surface area contributed by atoms with Gasteiger partial charge in [0.15, 0.2) is 0 Å². The molecule has 0 saturated carbocycles. The van der Waals surface area contributed by atoms with Gasteiger partial charge in [0.2, 0.25) is 0 Å². The number of para-hydroxylation sites is 3. The fourth-order valence-electron chi connectivity index (χ4n) is 6.82. The summed E-state index contributed by atoms with van der Waals surface area (Å²) in [7, 11) is 0. The number of aromatic nitrogens is 2. The van der Waals surface area contributed by atoms with Crippen LogP contribution in [0.3, 0.4) is 0 Å². The van der Waals surface area contributed by atoms with Gasteiger partial charge in [-0.1, -0.05) is 103 Å². The molecule has 196 valence electrons. The molecule has 9 aromatic rings. The molecule has 7 aromatic carbocycles. The first kappa shape index (κ1) is 23.1. The highest BCUT2D eigenvalue weighted by atomic mass is 15.0. The zero-order chi connectivity index (χ0) is 27.6. The zero-order valence-electron chi connectivity index (χ0n) is 22.9. The van der Waals surface area contributed by atoms with E-state index in [1.54, 1.807) is 0 Å². The summed E-state index contributed by atoms with van der Waals surface area (Å²) < 4.78 is 2.41. The second-order valence-electron chi connectivity index (χ2n) is 11.1. The van der Waals surface area contributed by atoms with E-state index in [2.05, 4.69) is 161 Å². The number of rotatable bonds is 3. The standard InChI is InChI=1S/C40H26N2/c1-2-13-29(14-3-1)42-38-20-9-7-18-33(38)40-32-17-5-4-15-30(32)34(25-39(40)42)28-12-10-11-26(23-28)27-21-22-37-35(24-27)31-16-6-8-19-36(31)41-37/h1-25,41H. The molecule has 2 nitrogen and oxygen atoms in total. The molecule has 0 saturated heterocycles. The van der Waals surface area contributed by atoms with Crippen LogP contribution in [0.5, 0.6) is 0 Å². The maximum absolute atomic E-state index is 3.56. The van der Waals surface area contributed by atoms with Crippen molar-refractivity contribution < 1.29 is 0 Å². The van der Waals surface area contributed by atoms with Crippen LogP contribution in [0.2, 0.25) is 0 Å². The van der Waals surface area contributed by atoms with Gasteiger partial charge in [0.1, 0.15) is 0 Å². The fraction of sp³-hybridized carbons (Fsp3) is 0. The molecule has 0 aliphatic rings. The van der Waals surface area contributed by atoms with Crippen LogP contribution in [0, 0.1) is 0 Å². The third kappa shape index (κ3) is 3.39. The lowest BCUT2D eigenvalue weighted by atomic mass is 9.92. The lowest BCUT2D eigenvalue weighted by Gasteiger charge is -2.13. The summed E-state index contributed by atoms with van der Waals surface area (Å²) >= 11 is 0. The number of H-pyrrole nitrogens is 1. The Kier molecular flexibility index (Phi) is 4.93. The first-order valence-corrected chi connectivity index (χ1v) is 14.5. The van der Waals surface area contributed by atoms with Crippen molar-refractivity contribution in [1.82, 2.24) is 9.55 Å². The molecular weight excluding hydrogens is 508 g/mol. The maximum Gasteiger partial charge on any atom is 0.0553 e. The van der Waals surface area contributed by atoms with Gasteiger partial charge < -0.3 is 9.55 Å². The minimum Gasteiger partial charge on any atom is -0.355 e. The van der Waals surface area contributed by atoms with Crippen LogP contribution in [-0.2, 0) is 0 Å². The smallest absolute Gasteiger partial charge is 0.0553 e. The van der Waals surface area contributed by atoms with Crippen LogP contribution in [0.15, 0.2) is 152 Å². The van der Waals surface area contributed by atoms with E-state index < -0.39 is 0 Å².